The number of aromatic nitrogens is 2. The predicted octanol–water partition coefficient (Wildman–Crippen LogP) is 1.60. The number of thiophene rings is 1. The van der Waals surface area contributed by atoms with Gasteiger partial charge in [0.15, 0.2) is 0 Å². The van der Waals surface area contributed by atoms with Crippen LogP contribution in [0.25, 0.3) is 10.2 Å². The molecule has 0 aliphatic carbocycles. The quantitative estimate of drug-likeness (QED) is 0.865. The van der Waals surface area contributed by atoms with Gasteiger partial charge in [-0.3, -0.25) is 4.90 Å². The van der Waals surface area contributed by atoms with E-state index in [-0.39, 0.29) is 6.10 Å². The number of aliphatic hydroxyl groups excluding tert-OH is 1. The summed E-state index contributed by atoms with van der Waals surface area (Å²) in [4.78, 5) is 14.4. The molecule has 6 nitrogen and oxygen atoms in total. The second-order valence-corrected chi connectivity index (χ2v) is 7.05. The first kappa shape index (κ1) is 16.6. The SMILES string of the molecule is CC(C)OCC(O)CN1CCN(c2ncnc3sccc23)CC1. The van der Waals surface area contributed by atoms with E-state index in [0.717, 1.165) is 42.2 Å². The minimum atomic E-state index is -0.424. The van der Waals surface area contributed by atoms with Gasteiger partial charge in [-0.15, -0.1) is 11.3 Å². The van der Waals surface area contributed by atoms with Crippen molar-refractivity contribution in [3.8, 4) is 0 Å². The van der Waals surface area contributed by atoms with Crippen molar-refractivity contribution >= 4 is 27.4 Å². The van der Waals surface area contributed by atoms with E-state index in [1.165, 1.54) is 0 Å². The Morgan fingerprint density at radius 3 is 2.78 bits per heavy atom. The summed E-state index contributed by atoms with van der Waals surface area (Å²) in [6.07, 6.45) is 1.38. The van der Waals surface area contributed by atoms with Crippen LogP contribution in [0.15, 0.2) is 17.8 Å². The molecule has 126 valence electrons. The number of ether oxygens (including phenoxy) is 1. The van der Waals surface area contributed by atoms with Crippen molar-refractivity contribution in [2.75, 3.05) is 44.2 Å². The Balaban J connectivity index is 1.53. The van der Waals surface area contributed by atoms with Crippen molar-refractivity contribution in [2.45, 2.75) is 26.1 Å². The average Bonchev–Trinajstić information content (AvgIpc) is 3.02. The Morgan fingerprint density at radius 2 is 2.04 bits per heavy atom. The fourth-order valence-electron chi connectivity index (χ4n) is 2.83. The normalized spacial score (nSPS) is 18.0. The molecule has 1 atom stereocenters. The monoisotopic (exact) mass is 336 g/mol. The Kier molecular flexibility index (Phi) is 5.42. The molecule has 7 heteroatoms. The number of hydrogen-bond acceptors (Lipinski definition) is 7. The van der Waals surface area contributed by atoms with Crippen molar-refractivity contribution in [3.05, 3.63) is 17.8 Å². The number of anilines is 1. The van der Waals surface area contributed by atoms with Crippen LogP contribution in [-0.4, -0.2) is 71.5 Å². The van der Waals surface area contributed by atoms with Crippen LogP contribution in [0, 0.1) is 0 Å². The number of aliphatic hydroxyl groups is 1. The average molecular weight is 336 g/mol. The van der Waals surface area contributed by atoms with Gasteiger partial charge in [-0.25, -0.2) is 9.97 Å². The maximum absolute atomic E-state index is 10.0. The number of nitrogens with zero attached hydrogens (tertiary/aromatic N) is 4. The third-order valence-electron chi connectivity index (χ3n) is 4.00. The van der Waals surface area contributed by atoms with Crippen LogP contribution in [0.3, 0.4) is 0 Å². The number of fused-ring (bicyclic) bond motifs is 1. The number of β-amino-alcohol motifs (C(OH)–C–C–N with tert-alkyl or cyclic N) is 1. The Hall–Kier alpha value is -1.28. The first-order valence-corrected chi connectivity index (χ1v) is 8.96. The molecule has 1 aliphatic heterocycles. The van der Waals surface area contributed by atoms with Gasteiger partial charge < -0.3 is 14.7 Å². The van der Waals surface area contributed by atoms with Crippen LogP contribution in [-0.2, 0) is 4.74 Å². The van der Waals surface area contributed by atoms with Gasteiger partial charge in [-0.05, 0) is 25.3 Å². The summed E-state index contributed by atoms with van der Waals surface area (Å²) in [5.74, 6) is 1.03. The van der Waals surface area contributed by atoms with Crippen molar-refractivity contribution in [1.82, 2.24) is 14.9 Å². The molecule has 1 unspecified atom stereocenters. The number of piperazine rings is 1. The molecule has 2 aromatic rings. The number of hydrogen-bond donors (Lipinski definition) is 1. The van der Waals surface area contributed by atoms with Crippen molar-refractivity contribution in [3.63, 3.8) is 0 Å². The minimum absolute atomic E-state index is 0.160. The summed E-state index contributed by atoms with van der Waals surface area (Å²) in [5.41, 5.74) is 0. The first-order chi connectivity index (χ1) is 11.1. The highest BCUT2D eigenvalue weighted by Crippen LogP contribution is 2.27. The maximum atomic E-state index is 10.0. The number of rotatable bonds is 6. The van der Waals surface area contributed by atoms with Gasteiger partial charge in [0.1, 0.15) is 17.0 Å². The molecule has 0 radical (unpaired) electrons. The zero-order valence-corrected chi connectivity index (χ0v) is 14.5. The fourth-order valence-corrected chi connectivity index (χ4v) is 3.55. The lowest BCUT2D eigenvalue weighted by Crippen LogP contribution is -2.49. The van der Waals surface area contributed by atoms with Crippen LogP contribution < -0.4 is 4.90 Å². The van der Waals surface area contributed by atoms with E-state index in [1.807, 2.05) is 13.8 Å². The van der Waals surface area contributed by atoms with Gasteiger partial charge in [0.05, 0.1) is 24.2 Å². The summed E-state index contributed by atoms with van der Waals surface area (Å²) in [6, 6.07) is 2.09. The lowest BCUT2D eigenvalue weighted by Gasteiger charge is -2.36. The van der Waals surface area contributed by atoms with Gasteiger partial charge in [0.25, 0.3) is 0 Å². The third-order valence-corrected chi connectivity index (χ3v) is 4.82. The highest BCUT2D eigenvalue weighted by Gasteiger charge is 2.21. The van der Waals surface area contributed by atoms with Crippen LogP contribution in [0.1, 0.15) is 13.8 Å². The largest absolute Gasteiger partial charge is 0.389 e. The van der Waals surface area contributed by atoms with E-state index in [4.69, 9.17) is 4.74 Å². The third kappa shape index (κ3) is 4.17. The molecule has 1 saturated heterocycles. The van der Waals surface area contributed by atoms with Crippen LogP contribution in [0.2, 0.25) is 0 Å². The Bertz CT molecular complexity index is 625. The van der Waals surface area contributed by atoms with Crippen molar-refractivity contribution < 1.29 is 9.84 Å². The molecule has 0 bridgehead atoms. The van der Waals surface area contributed by atoms with E-state index < -0.39 is 6.10 Å². The van der Waals surface area contributed by atoms with E-state index in [9.17, 15) is 5.11 Å². The molecular weight excluding hydrogens is 312 g/mol. The zero-order chi connectivity index (χ0) is 16.2. The summed E-state index contributed by atoms with van der Waals surface area (Å²) >= 11 is 1.65. The van der Waals surface area contributed by atoms with Gasteiger partial charge in [-0.1, -0.05) is 0 Å². The van der Waals surface area contributed by atoms with Crippen LogP contribution in [0.5, 0.6) is 0 Å². The van der Waals surface area contributed by atoms with Crippen molar-refractivity contribution in [2.24, 2.45) is 0 Å². The lowest BCUT2D eigenvalue weighted by atomic mass is 10.2. The second kappa shape index (κ2) is 7.53. The van der Waals surface area contributed by atoms with Crippen LogP contribution in [0.4, 0.5) is 5.82 Å². The van der Waals surface area contributed by atoms with Gasteiger partial charge >= 0.3 is 0 Å². The van der Waals surface area contributed by atoms with Crippen LogP contribution >= 0.6 is 11.3 Å². The standard InChI is InChI=1S/C16H24N4O2S/c1-12(2)22-10-13(21)9-19-4-6-20(7-5-19)15-14-3-8-23-16(14)18-11-17-15/h3,8,11-13,21H,4-7,9-10H2,1-2H3. The molecule has 2 aromatic heterocycles. The van der Waals surface area contributed by atoms with E-state index in [0.29, 0.717) is 13.2 Å². The molecule has 1 fully saturated rings. The molecule has 3 rings (SSSR count). The molecule has 0 amide bonds. The van der Waals surface area contributed by atoms with E-state index >= 15 is 0 Å². The zero-order valence-electron chi connectivity index (χ0n) is 13.7. The fraction of sp³-hybridized carbons (Fsp3) is 0.625. The van der Waals surface area contributed by atoms with E-state index in [1.54, 1.807) is 17.7 Å². The van der Waals surface area contributed by atoms with Gasteiger partial charge in [0, 0.05) is 32.7 Å². The lowest BCUT2D eigenvalue weighted by molar-refractivity contribution is -0.00900. The van der Waals surface area contributed by atoms with E-state index in [2.05, 4.69) is 31.2 Å². The highest BCUT2D eigenvalue weighted by molar-refractivity contribution is 7.16. The first-order valence-electron chi connectivity index (χ1n) is 8.08. The molecular formula is C16H24N4O2S. The Labute approximate surface area is 140 Å². The predicted molar refractivity (Wildman–Crippen MR) is 93.2 cm³/mol. The minimum Gasteiger partial charge on any atom is -0.389 e. The summed E-state index contributed by atoms with van der Waals surface area (Å²) in [7, 11) is 0. The summed E-state index contributed by atoms with van der Waals surface area (Å²) < 4.78 is 5.47. The molecule has 0 aromatic carbocycles. The highest BCUT2D eigenvalue weighted by atomic mass is 32.1. The topological polar surface area (TPSA) is 61.7 Å². The molecule has 0 spiro atoms. The molecule has 23 heavy (non-hydrogen) atoms. The smallest absolute Gasteiger partial charge is 0.140 e. The molecule has 1 aliphatic rings. The van der Waals surface area contributed by atoms with Gasteiger partial charge in [0.2, 0.25) is 0 Å². The molecule has 1 N–H and O–H groups in total. The summed E-state index contributed by atoms with van der Waals surface area (Å²) in [6.45, 7) is 8.72. The second-order valence-electron chi connectivity index (χ2n) is 6.16. The molecule has 3 heterocycles. The van der Waals surface area contributed by atoms with Crippen molar-refractivity contribution in [1.29, 1.82) is 0 Å². The maximum Gasteiger partial charge on any atom is 0.140 e. The molecule has 0 saturated carbocycles. The Morgan fingerprint density at radius 1 is 1.26 bits per heavy atom. The summed E-state index contributed by atoms with van der Waals surface area (Å²) in [5, 5.41) is 13.2. The van der Waals surface area contributed by atoms with Gasteiger partial charge in [-0.2, -0.15) is 0 Å².